The number of fused-ring (bicyclic) bond motifs is 1. The number of likely N-dealkylation sites (tertiary alicyclic amines) is 1. The minimum Gasteiger partial charge on any atom is -0.496 e. The zero-order chi connectivity index (χ0) is 30.0. The van der Waals surface area contributed by atoms with Crippen LogP contribution in [0.25, 0.3) is 27.7 Å². The number of rotatable bonds is 9. The van der Waals surface area contributed by atoms with Crippen molar-refractivity contribution in [2.75, 3.05) is 45.5 Å². The summed E-state index contributed by atoms with van der Waals surface area (Å²) in [7, 11) is 4.73. The zero-order valence-corrected chi connectivity index (χ0v) is 24.0. The van der Waals surface area contributed by atoms with E-state index in [0.717, 1.165) is 27.6 Å². The molecule has 12 nitrogen and oxygen atoms in total. The Morgan fingerprint density at radius 1 is 1.17 bits per heavy atom. The summed E-state index contributed by atoms with van der Waals surface area (Å²) < 4.78 is 18.0. The van der Waals surface area contributed by atoms with E-state index in [-0.39, 0.29) is 23.8 Å². The van der Waals surface area contributed by atoms with Gasteiger partial charge in [0.2, 0.25) is 11.9 Å². The number of carbonyl (C=O) groups is 1. The molecule has 5 rings (SSSR count). The van der Waals surface area contributed by atoms with Crippen LogP contribution >= 0.6 is 0 Å². The highest BCUT2D eigenvalue weighted by Gasteiger charge is 2.34. The summed E-state index contributed by atoms with van der Waals surface area (Å²) in [5.74, 6) is 1.49. The van der Waals surface area contributed by atoms with Crippen molar-refractivity contribution in [1.29, 1.82) is 0 Å². The molecule has 3 heterocycles. The zero-order valence-electron chi connectivity index (χ0n) is 24.0. The number of nitrogens with two attached hydrogens (primary N) is 1. The molecule has 218 valence electrons. The summed E-state index contributed by atoms with van der Waals surface area (Å²) in [6.45, 7) is 6.46. The van der Waals surface area contributed by atoms with Gasteiger partial charge in [-0.1, -0.05) is 12.6 Å². The Kier molecular flexibility index (Phi) is 8.07. The number of anilines is 2. The molecule has 0 spiro atoms. The van der Waals surface area contributed by atoms with E-state index in [1.807, 2.05) is 25.1 Å². The third-order valence-electron chi connectivity index (χ3n) is 7.42. The van der Waals surface area contributed by atoms with E-state index in [1.54, 1.807) is 43.6 Å². The van der Waals surface area contributed by atoms with Gasteiger partial charge in [-0.15, -0.1) is 0 Å². The fourth-order valence-electron chi connectivity index (χ4n) is 5.47. The predicted octanol–water partition coefficient (Wildman–Crippen LogP) is 2.96. The summed E-state index contributed by atoms with van der Waals surface area (Å²) >= 11 is 0. The number of nitrogens with one attached hydrogen (secondary N) is 1. The monoisotopic (exact) mass is 571 g/mol. The van der Waals surface area contributed by atoms with Crippen molar-refractivity contribution in [2.24, 2.45) is 0 Å². The Bertz CT molecular complexity index is 1720. The minimum absolute atomic E-state index is 0.0351. The number of amides is 1. The lowest BCUT2D eigenvalue weighted by molar-refractivity contribution is -0.127. The fraction of sp³-hybridized carbons (Fsp3) is 0.300. The highest BCUT2D eigenvalue weighted by atomic mass is 16.5. The van der Waals surface area contributed by atoms with E-state index in [2.05, 4.69) is 21.9 Å². The Hall–Kier alpha value is -4.97. The molecule has 1 aliphatic heterocycles. The smallest absolute Gasteiger partial charge is 0.354 e. The topological polar surface area (TPSA) is 147 Å². The number of benzene rings is 2. The van der Waals surface area contributed by atoms with Crippen LogP contribution < -0.4 is 26.2 Å². The second-order valence-electron chi connectivity index (χ2n) is 9.98. The van der Waals surface area contributed by atoms with Crippen molar-refractivity contribution < 1.29 is 19.0 Å². The van der Waals surface area contributed by atoms with Crippen LogP contribution in [0.1, 0.15) is 12.0 Å². The quantitative estimate of drug-likeness (QED) is 0.287. The first-order valence-electron chi connectivity index (χ1n) is 13.3. The van der Waals surface area contributed by atoms with Crippen LogP contribution in [-0.2, 0) is 9.53 Å². The molecule has 0 unspecified atom stereocenters. The molecule has 1 amide bonds. The number of ether oxygens (including phenoxy) is 3. The Labute approximate surface area is 242 Å². The van der Waals surface area contributed by atoms with Gasteiger partial charge >= 0.3 is 5.69 Å². The Morgan fingerprint density at radius 2 is 1.95 bits per heavy atom. The van der Waals surface area contributed by atoms with Crippen LogP contribution in [0.2, 0.25) is 0 Å². The van der Waals surface area contributed by atoms with Gasteiger partial charge in [-0.05, 0) is 43.2 Å². The molecule has 2 aromatic heterocycles. The molecule has 3 N–H and O–H groups in total. The second-order valence-corrected chi connectivity index (χ2v) is 9.98. The van der Waals surface area contributed by atoms with Crippen molar-refractivity contribution >= 4 is 28.6 Å². The molecule has 0 radical (unpaired) electrons. The van der Waals surface area contributed by atoms with Gasteiger partial charge in [-0.3, -0.25) is 9.36 Å². The van der Waals surface area contributed by atoms with Crippen molar-refractivity contribution in [2.45, 2.75) is 25.4 Å². The molecule has 2 atom stereocenters. The number of methoxy groups -OCH3 is 3. The number of aromatic nitrogens is 4. The Balaban J connectivity index is 1.52. The van der Waals surface area contributed by atoms with Crippen LogP contribution in [0, 0.1) is 6.92 Å². The summed E-state index contributed by atoms with van der Waals surface area (Å²) in [5.41, 5.74) is 8.79. The standard InChI is InChI=1S/C30H33N7O5/c1-6-26(38)37-15-20(12-21(37)16-40-3)33-29-32-14-19-11-18(7-8-22(19)34-29)27-17(2)23(41-4)13-24(42-5)28(27)36-10-9-25(31)35-30(36)39/h6-11,13-14,20-21H,1,12,15-16H2,2-5H3,(H2,31,35,39)(H,32,33,34)/t20-,21-/m0/s1. The van der Waals surface area contributed by atoms with Gasteiger partial charge < -0.3 is 30.2 Å². The van der Waals surface area contributed by atoms with E-state index in [0.29, 0.717) is 42.7 Å². The lowest BCUT2D eigenvalue weighted by Gasteiger charge is -2.22. The molecule has 1 fully saturated rings. The van der Waals surface area contributed by atoms with Gasteiger partial charge in [0, 0.05) is 54.7 Å². The molecule has 2 aromatic carbocycles. The van der Waals surface area contributed by atoms with Crippen LogP contribution in [0.3, 0.4) is 0 Å². The third kappa shape index (κ3) is 5.36. The Morgan fingerprint density at radius 3 is 2.64 bits per heavy atom. The molecule has 4 aromatic rings. The van der Waals surface area contributed by atoms with E-state index >= 15 is 0 Å². The largest absolute Gasteiger partial charge is 0.496 e. The average Bonchev–Trinajstić information content (AvgIpc) is 3.38. The number of hydrogen-bond donors (Lipinski definition) is 2. The number of carbonyl (C=O) groups excluding carboxylic acids is 1. The summed E-state index contributed by atoms with van der Waals surface area (Å²) in [5, 5.41) is 4.15. The van der Waals surface area contributed by atoms with Crippen LogP contribution in [0.4, 0.5) is 11.8 Å². The molecule has 0 bridgehead atoms. The molecule has 1 aliphatic rings. The molecule has 0 aliphatic carbocycles. The van der Waals surface area contributed by atoms with E-state index in [1.165, 1.54) is 17.8 Å². The van der Waals surface area contributed by atoms with Gasteiger partial charge in [-0.2, -0.15) is 4.98 Å². The van der Waals surface area contributed by atoms with Crippen molar-refractivity contribution in [3.8, 4) is 28.3 Å². The van der Waals surface area contributed by atoms with Crippen LogP contribution in [0.15, 0.2) is 60.2 Å². The predicted molar refractivity (Wildman–Crippen MR) is 160 cm³/mol. The molecule has 0 saturated carbocycles. The number of nitrogen functional groups attached to an aromatic ring is 1. The van der Waals surface area contributed by atoms with Gasteiger partial charge in [0.1, 0.15) is 23.0 Å². The van der Waals surface area contributed by atoms with Crippen LogP contribution in [-0.4, -0.2) is 76.9 Å². The highest BCUT2D eigenvalue weighted by molar-refractivity contribution is 5.90. The first kappa shape index (κ1) is 28.6. The van der Waals surface area contributed by atoms with Gasteiger partial charge in [0.15, 0.2) is 0 Å². The maximum Gasteiger partial charge on any atom is 0.354 e. The maximum atomic E-state index is 12.9. The van der Waals surface area contributed by atoms with Gasteiger partial charge in [0.05, 0.1) is 32.4 Å². The van der Waals surface area contributed by atoms with Crippen molar-refractivity contribution in [3.05, 3.63) is 71.4 Å². The van der Waals surface area contributed by atoms with E-state index < -0.39 is 5.69 Å². The molecular formula is C30H33N7O5. The van der Waals surface area contributed by atoms with E-state index in [4.69, 9.17) is 24.9 Å². The minimum atomic E-state index is -0.535. The average molecular weight is 572 g/mol. The van der Waals surface area contributed by atoms with Crippen molar-refractivity contribution in [3.63, 3.8) is 0 Å². The SMILES string of the molecule is C=CC(=O)N1C[C@@H](Nc2ncc3cc(-c4c(C)c(OC)cc(OC)c4-n4ccc(N)nc4=O)ccc3n2)C[C@H]1COC. The first-order chi connectivity index (χ1) is 20.3. The van der Waals surface area contributed by atoms with Crippen LogP contribution in [0.5, 0.6) is 11.5 Å². The van der Waals surface area contributed by atoms with Crippen molar-refractivity contribution in [1.82, 2.24) is 24.4 Å². The second kappa shape index (κ2) is 11.9. The third-order valence-corrected chi connectivity index (χ3v) is 7.42. The molecule has 12 heteroatoms. The fourth-order valence-corrected chi connectivity index (χ4v) is 5.47. The molecule has 1 saturated heterocycles. The summed E-state index contributed by atoms with van der Waals surface area (Å²) in [6.07, 6.45) is 5.34. The highest BCUT2D eigenvalue weighted by Crippen LogP contribution is 2.42. The maximum absolute atomic E-state index is 12.9. The van der Waals surface area contributed by atoms with Gasteiger partial charge in [-0.25, -0.2) is 14.8 Å². The number of nitrogens with zero attached hydrogens (tertiary/aromatic N) is 5. The van der Waals surface area contributed by atoms with Gasteiger partial charge in [0.25, 0.3) is 0 Å². The lowest BCUT2D eigenvalue weighted by atomic mass is 9.95. The lowest BCUT2D eigenvalue weighted by Crippen LogP contribution is -2.37. The normalized spacial score (nSPS) is 16.4. The first-order valence-corrected chi connectivity index (χ1v) is 13.3. The summed E-state index contributed by atoms with van der Waals surface area (Å²) in [4.78, 5) is 40.2. The molecular weight excluding hydrogens is 538 g/mol. The van der Waals surface area contributed by atoms with E-state index in [9.17, 15) is 9.59 Å². The molecule has 42 heavy (non-hydrogen) atoms. The summed E-state index contributed by atoms with van der Waals surface area (Å²) in [6, 6.07) is 8.98. The number of hydrogen-bond acceptors (Lipinski definition) is 10.